The summed E-state index contributed by atoms with van der Waals surface area (Å²) in [5.74, 6) is -0.129. The highest BCUT2D eigenvalue weighted by atomic mass is 16.2. The third-order valence-corrected chi connectivity index (χ3v) is 3.90. The fourth-order valence-electron chi connectivity index (χ4n) is 2.59. The quantitative estimate of drug-likeness (QED) is 0.919. The molecule has 1 aromatic rings. The Balaban J connectivity index is 2.06. The third-order valence-electron chi connectivity index (χ3n) is 3.90. The van der Waals surface area contributed by atoms with Crippen molar-refractivity contribution in [1.29, 1.82) is 0 Å². The zero-order valence-electron chi connectivity index (χ0n) is 13.6. The van der Waals surface area contributed by atoms with E-state index in [4.69, 9.17) is 0 Å². The molecule has 0 aromatic heterocycles. The first-order valence-corrected chi connectivity index (χ1v) is 7.93. The highest BCUT2D eigenvalue weighted by Crippen LogP contribution is 2.11. The minimum Gasteiger partial charge on any atom is -0.350 e. The van der Waals surface area contributed by atoms with Gasteiger partial charge in [-0.25, -0.2) is 0 Å². The SMILES string of the molecule is CCN1CCN(C(=O)c2cccc(C(=O)NC(C)C)c2)CC1. The number of nitrogens with zero attached hydrogens (tertiary/aromatic N) is 2. The fraction of sp³-hybridized carbons (Fsp3) is 0.529. The first-order valence-electron chi connectivity index (χ1n) is 7.93. The molecule has 1 N–H and O–H groups in total. The molecule has 5 heteroatoms. The standard InChI is InChI=1S/C17H25N3O2/c1-4-19-8-10-20(11-9-19)17(22)15-7-5-6-14(12-15)16(21)18-13(2)3/h5-7,12-13H,4,8-11H2,1-3H3,(H,18,21). The second-order valence-corrected chi connectivity index (χ2v) is 5.94. The minimum absolute atomic E-state index is 0.00921. The molecule has 2 rings (SSSR count). The van der Waals surface area contributed by atoms with Crippen LogP contribution in [-0.4, -0.2) is 60.4 Å². The molecule has 1 saturated heterocycles. The maximum Gasteiger partial charge on any atom is 0.253 e. The molecular formula is C17H25N3O2. The van der Waals surface area contributed by atoms with Crippen LogP contribution in [0.2, 0.25) is 0 Å². The lowest BCUT2D eigenvalue weighted by Gasteiger charge is -2.34. The van der Waals surface area contributed by atoms with E-state index < -0.39 is 0 Å². The molecule has 5 nitrogen and oxygen atoms in total. The van der Waals surface area contributed by atoms with Gasteiger partial charge in [-0.05, 0) is 38.6 Å². The molecule has 0 radical (unpaired) electrons. The van der Waals surface area contributed by atoms with E-state index in [1.54, 1.807) is 24.3 Å². The predicted octanol–water partition coefficient (Wildman–Crippen LogP) is 1.60. The summed E-state index contributed by atoms with van der Waals surface area (Å²) in [6.07, 6.45) is 0. The van der Waals surface area contributed by atoms with Gasteiger partial charge < -0.3 is 15.1 Å². The Morgan fingerprint density at radius 1 is 1.14 bits per heavy atom. The summed E-state index contributed by atoms with van der Waals surface area (Å²) in [7, 11) is 0. The van der Waals surface area contributed by atoms with E-state index in [0.717, 1.165) is 32.7 Å². The highest BCUT2D eigenvalue weighted by Gasteiger charge is 2.21. The van der Waals surface area contributed by atoms with Gasteiger partial charge in [0.15, 0.2) is 0 Å². The van der Waals surface area contributed by atoms with E-state index >= 15 is 0 Å². The van der Waals surface area contributed by atoms with Gasteiger partial charge in [-0.1, -0.05) is 13.0 Å². The molecule has 1 aliphatic rings. The summed E-state index contributed by atoms with van der Waals surface area (Å²) < 4.78 is 0. The fourth-order valence-corrected chi connectivity index (χ4v) is 2.59. The van der Waals surface area contributed by atoms with E-state index in [1.165, 1.54) is 0 Å². The van der Waals surface area contributed by atoms with Crippen LogP contribution in [0.5, 0.6) is 0 Å². The summed E-state index contributed by atoms with van der Waals surface area (Å²) in [6.45, 7) is 10.3. The van der Waals surface area contributed by atoms with Crippen molar-refractivity contribution in [3.63, 3.8) is 0 Å². The van der Waals surface area contributed by atoms with Crippen molar-refractivity contribution in [3.8, 4) is 0 Å². The number of carbonyl (C=O) groups is 2. The number of rotatable bonds is 4. The van der Waals surface area contributed by atoms with Crippen LogP contribution in [-0.2, 0) is 0 Å². The zero-order chi connectivity index (χ0) is 16.1. The molecule has 1 aliphatic heterocycles. The maximum absolute atomic E-state index is 12.6. The Morgan fingerprint density at radius 3 is 2.36 bits per heavy atom. The molecule has 0 bridgehead atoms. The Labute approximate surface area is 132 Å². The molecular weight excluding hydrogens is 278 g/mol. The lowest BCUT2D eigenvalue weighted by atomic mass is 10.1. The Kier molecular flexibility index (Phi) is 5.55. The molecule has 1 fully saturated rings. The monoisotopic (exact) mass is 303 g/mol. The number of likely N-dealkylation sites (N-methyl/N-ethyl adjacent to an activating group) is 1. The van der Waals surface area contributed by atoms with Crippen LogP contribution < -0.4 is 5.32 Å². The molecule has 0 spiro atoms. The van der Waals surface area contributed by atoms with Crippen LogP contribution >= 0.6 is 0 Å². The molecule has 0 saturated carbocycles. The van der Waals surface area contributed by atoms with Gasteiger partial charge in [-0.15, -0.1) is 0 Å². The molecule has 2 amide bonds. The average Bonchev–Trinajstić information content (AvgIpc) is 2.54. The topological polar surface area (TPSA) is 52.7 Å². The number of hydrogen-bond donors (Lipinski definition) is 1. The molecule has 22 heavy (non-hydrogen) atoms. The Hall–Kier alpha value is -1.88. The number of benzene rings is 1. The molecule has 120 valence electrons. The molecule has 0 aliphatic carbocycles. The van der Waals surface area contributed by atoms with E-state index in [-0.39, 0.29) is 17.9 Å². The summed E-state index contributed by atoms with van der Waals surface area (Å²) in [6, 6.07) is 7.05. The van der Waals surface area contributed by atoms with Gasteiger partial charge in [-0.3, -0.25) is 9.59 Å². The van der Waals surface area contributed by atoms with Crippen LogP contribution in [0, 0.1) is 0 Å². The average molecular weight is 303 g/mol. The van der Waals surface area contributed by atoms with E-state index in [2.05, 4.69) is 17.1 Å². The number of piperazine rings is 1. The van der Waals surface area contributed by atoms with Crippen LogP contribution in [0.4, 0.5) is 0 Å². The summed E-state index contributed by atoms with van der Waals surface area (Å²) in [5.41, 5.74) is 1.12. The largest absolute Gasteiger partial charge is 0.350 e. The van der Waals surface area contributed by atoms with Gasteiger partial charge in [-0.2, -0.15) is 0 Å². The van der Waals surface area contributed by atoms with Gasteiger partial charge in [0.25, 0.3) is 11.8 Å². The van der Waals surface area contributed by atoms with Crippen LogP contribution in [0.3, 0.4) is 0 Å². The molecule has 0 atom stereocenters. The number of nitrogens with one attached hydrogen (secondary N) is 1. The second kappa shape index (κ2) is 7.40. The summed E-state index contributed by atoms with van der Waals surface area (Å²) in [5, 5.41) is 2.85. The first-order chi connectivity index (χ1) is 10.5. The van der Waals surface area contributed by atoms with E-state index in [1.807, 2.05) is 18.7 Å². The number of hydrogen-bond acceptors (Lipinski definition) is 3. The van der Waals surface area contributed by atoms with Crippen LogP contribution in [0.15, 0.2) is 24.3 Å². The minimum atomic E-state index is -0.138. The number of carbonyl (C=O) groups excluding carboxylic acids is 2. The summed E-state index contributed by atoms with van der Waals surface area (Å²) >= 11 is 0. The van der Waals surface area contributed by atoms with Crippen LogP contribution in [0.25, 0.3) is 0 Å². The van der Waals surface area contributed by atoms with Crippen molar-refractivity contribution in [2.24, 2.45) is 0 Å². The normalized spacial score (nSPS) is 15.9. The van der Waals surface area contributed by atoms with Gasteiger partial charge in [0, 0.05) is 43.3 Å². The molecule has 1 heterocycles. The van der Waals surface area contributed by atoms with E-state index in [9.17, 15) is 9.59 Å². The maximum atomic E-state index is 12.6. The Morgan fingerprint density at radius 2 is 1.77 bits per heavy atom. The van der Waals surface area contributed by atoms with Gasteiger partial charge in [0.2, 0.25) is 0 Å². The van der Waals surface area contributed by atoms with Crippen LogP contribution in [0.1, 0.15) is 41.5 Å². The van der Waals surface area contributed by atoms with Crippen molar-refractivity contribution >= 4 is 11.8 Å². The molecule has 0 unspecified atom stereocenters. The predicted molar refractivity (Wildman–Crippen MR) is 87.1 cm³/mol. The smallest absolute Gasteiger partial charge is 0.253 e. The van der Waals surface area contributed by atoms with E-state index in [0.29, 0.717) is 11.1 Å². The van der Waals surface area contributed by atoms with Crippen molar-refractivity contribution in [1.82, 2.24) is 15.1 Å². The lowest BCUT2D eigenvalue weighted by molar-refractivity contribution is 0.0643. The number of amides is 2. The summed E-state index contributed by atoms with van der Waals surface area (Å²) in [4.78, 5) is 28.8. The third kappa shape index (κ3) is 4.07. The lowest BCUT2D eigenvalue weighted by Crippen LogP contribution is -2.48. The first kappa shape index (κ1) is 16.5. The van der Waals surface area contributed by atoms with Crippen molar-refractivity contribution in [3.05, 3.63) is 35.4 Å². The van der Waals surface area contributed by atoms with Gasteiger partial charge in [0.1, 0.15) is 0 Å². The zero-order valence-corrected chi connectivity index (χ0v) is 13.6. The second-order valence-electron chi connectivity index (χ2n) is 5.94. The molecule has 1 aromatic carbocycles. The van der Waals surface area contributed by atoms with Crippen molar-refractivity contribution in [2.45, 2.75) is 26.8 Å². The van der Waals surface area contributed by atoms with Crippen molar-refractivity contribution < 1.29 is 9.59 Å². The Bertz CT molecular complexity index is 534. The van der Waals surface area contributed by atoms with Crippen molar-refractivity contribution in [2.75, 3.05) is 32.7 Å². The highest BCUT2D eigenvalue weighted by molar-refractivity contribution is 5.99. The van der Waals surface area contributed by atoms with Gasteiger partial charge >= 0.3 is 0 Å². The van der Waals surface area contributed by atoms with Gasteiger partial charge in [0.05, 0.1) is 0 Å².